The summed E-state index contributed by atoms with van der Waals surface area (Å²) in [6.45, 7) is 2.09. The van der Waals surface area contributed by atoms with Gasteiger partial charge in [-0.1, -0.05) is 6.07 Å². The molecular weight excluding hydrogens is 255 g/mol. The normalized spacial score (nSPS) is 19.1. The first-order valence-corrected chi connectivity index (χ1v) is 5.92. The fourth-order valence-corrected chi connectivity index (χ4v) is 1.86. The Labute approximate surface area is 109 Å². The minimum absolute atomic E-state index is 0.131. The average molecular weight is 270 g/mol. The molecule has 0 fully saturated rings. The van der Waals surface area contributed by atoms with Crippen LogP contribution in [0.15, 0.2) is 18.2 Å². The molecule has 0 radical (unpaired) electrons. The van der Waals surface area contributed by atoms with Crippen molar-refractivity contribution in [3.8, 4) is 11.5 Å². The van der Waals surface area contributed by atoms with Crippen molar-refractivity contribution in [1.29, 1.82) is 0 Å². The molecule has 2 N–H and O–H groups in total. The third kappa shape index (κ3) is 2.63. The van der Waals surface area contributed by atoms with Gasteiger partial charge in [0, 0.05) is 6.42 Å². The maximum Gasteiger partial charge on any atom is 0.341 e. The fourth-order valence-electron chi connectivity index (χ4n) is 1.86. The summed E-state index contributed by atoms with van der Waals surface area (Å²) in [4.78, 5) is 10.7. The van der Waals surface area contributed by atoms with Crippen molar-refractivity contribution < 1.29 is 28.9 Å². The van der Waals surface area contributed by atoms with Gasteiger partial charge in [0.2, 0.25) is 6.17 Å². The van der Waals surface area contributed by atoms with Crippen molar-refractivity contribution >= 4 is 5.97 Å². The minimum Gasteiger partial charge on any atom is -0.490 e. The second kappa shape index (κ2) is 5.05. The van der Waals surface area contributed by atoms with Crippen molar-refractivity contribution in [2.24, 2.45) is 0 Å². The van der Waals surface area contributed by atoms with Gasteiger partial charge in [-0.15, -0.1) is 0 Å². The van der Waals surface area contributed by atoms with Crippen LogP contribution in [0.25, 0.3) is 0 Å². The minimum atomic E-state index is -2.42. The SMILES string of the molecule is CC(O)(c1ccc2c(c1)OCCCO2)C(F)C(=O)O. The topological polar surface area (TPSA) is 76.0 Å². The van der Waals surface area contributed by atoms with Gasteiger partial charge in [-0.2, -0.15) is 0 Å². The van der Waals surface area contributed by atoms with Crippen molar-refractivity contribution in [3.05, 3.63) is 23.8 Å². The number of hydrogen-bond donors (Lipinski definition) is 2. The number of hydrogen-bond acceptors (Lipinski definition) is 4. The molecule has 2 rings (SSSR count). The first-order chi connectivity index (χ1) is 8.93. The van der Waals surface area contributed by atoms with E-state index in [1.807, 2.05) is 0 Å². The fraction of sp³-hybridized carbons (Fsp3) is 0.462. The van der Waals surface area contributed by atoms with E-state index in [1.54, 1.807) is 6.07 Å². The summed E-state index contributed by atoms with van der Waals surface area (Å²) in [5, 5.41) is 18.7. The highest BCUT2D eigenvalue weighted by molar-refractivity contribution is 5.74. The summed E-state index contributed by atoms with van der Waals surface area (Å²) in [7, 11) is 0. The lowest BCUT2D eigenvalue weighted by Gasteiger charge is -2.25. The molecule has 104 valence electrons. The Bertz CT molecular complexity index is 486. The van der Waals surface area contributed by atoms with Crippen LogP contribution in [-0.4, -0.2) is 35.6 Å². The molecule has 0 spiro atoms. The van der Waals surface area contributed by atoms with E-state index in [-0.39, 0.29) is 5.56 Å². The van der Waals surface area contributed by atoms with Crippen LogP contribution >= 0.6 is 0 Å². The predicted octanol–water partition coefficient (Wildman–Crippen LogP) is 1.48. The Morgan fingerprint density at radius 1 is 1.37 bits per heavy atom. The van der Waals surface area contributed by atoms with Gasteiger partial charge in [0.1, 0.15) is 5.60 Å². The number of ether oxygens (including phenoxy) is 2. The first kappa shape index (κ1) is 13.6. The number of halogens is 1. The third-order valence-corrected chi connectivity index (χ3v) is 3.04. The summed E-state index contributed by atoms with van der Waals surface area (Å²) in [5.74, 6) is -0.826. The van der Waals surface area contributed by atoms with E-state index in [4.69, 9.17) is 14.6 Å². The summed E-state index contributed by atoms with van der Waals surface area (Å²) >= 11 is 0. The van der Waals surface area contributed by atoms with Crippen LogP contribution < -0.4 is 9.47 Å². The summed E-state index contributed by atoms with van der Waals surface area (Å²) in [5.41, 5.74) is -2.00. The maximum absolute atomic E-state index is 13.6. The number of carboxylic acids is 1. The lowest BCUT2D eigenvalue weighted by atomic mass is 9.90. The van der Waals surface area contributed by atoms with Gasteiger partial charge in [0.05, 0.1) is 13.2 Å². The van der Waals surface area contributed by atoms with Crippen molar-refractivity contribution in [3.63, 3.8) is 0 Å². The number of aliphatic hydroxyl groups is 1. The third-order valence-electron chi connectivity index (χ3n) is 3.04. The largest absolute Gasteiger partial charge is 0.490 e. The lowest BCUT2D eigenvalue weighted by molar-refractivity contribution is -0.153. The van der Waals surface area contributed by atoms with E-state index >= 15 is 0 Å². The number of fused-ring (bicyclic) bond motifs is 1. The van der Waals surface area contributed by atoms with E-state index in [1.165, 1.54) is 12.1 Å². The number of benzene rings is 1. The zero-order chi connectivity index (χ0) is 14.0. The monoisotopic (exact) mass is 270 g/mol. The molecule has 2 unspecified atom stereocenters. The summed E-state index contributed by atoms with van der Waals surface area (Å²) < 4.78 is 24.4. The molecule has 0 saturated heterocycles. The van der Waals surface area contributed by atoms with Gasteiger partial charge in [-0.05, 0) is 24.6 Å². The zero-order valence-electron chi connectivity index (χ0n) is 10.4. The summed E-state index contributed by atoms with van der Waals surface area (Å²) in [6, 6.07) is 4.39. The summed E-state index contributed by atoms with van der Waals surface area (Å²) in [6.07, 6.45) is -1.70. The number of carboxylic acid groups (broad SMARTS) is 1. The molecule has 0 saturated carbocycles. The average Bonchev–Trinajstić information content (AvgIpc) is 2.61. The molecule has 0 amide bonds. The number of rotatable bonds is 3. The van der Waals surface area contributed by atoms with Crippen LogP contribution in [0.5, 0.6) is 11.5 Å². The molecule has 1 heterocycles. The van der Waals surface area contributed by atoms with Gasteiger partial charge in [0.25, 0.3) is 0 Å². The van der Waals surface area contributed by atoms with Gasteiger partial charge in [-0.3, -0.25) is 0 Å². The van der Waals surface area contributed by atoms with Crippen molar-refractivity contribution in [2.45, 2.75) is 25.1 Å². The van der Waals surface area contributed by atoms with Crippen LogP contribution in [-0.2, 0) is 10.4 Å². The van der Waals surface area contributed by atoms with Gasteiger partial charge in [-0.25, -0.2) is 9.18 Å². The van der Waals surface area contributed by atoms with Gasteiger partial charge >= 0.3 is 5.97 Å². The lowest BCUT2D eigenvalue weighted by Crippen LogP contribution is -2.39. The second-order valence-corrected chi connectivity index (χ2v) is 4.56. The highest BCUT2D eigenvalue weighted by atomic mass is 19.1. The van der Waals surface area contributed by atoms with E-state index in [0.29, 0.717) is 24.7 Å². The molecule has 0 aromatic heterocycles. The van der Waals surface area contributed by atoms with E-state index < -0.39 is 17.7 Å². The Morgan fingerprint density at radius 2 is 2.00 bits per heavy atom. The number of aliphatic carboxylic acids is 1. The Morgan fingerprint density at radius 3 is 2.63 bits per heavy atom. The highest BCUT2D eigenvalue weighted by Crippen LogP contribution is 2.36. The molecule has 5 nitrogen and oxygen atoms in total. The standard InChI is InChI=1S/C13H15FO5/c1-13(17,11(14)12(15)16)8-3-4-9-10(7-8)19-6-2-5-18-9/h3-4,7,11,17H,2,5-6H2,1H3,(H,15,16). The molecule has 0 bridgehead atoms. The van der Waals surface area contributed by atoms with Gasteiger partial charge < -0.3 is 19.7 Å². The highest BCUT2D eigenvalue weighted by Gasteiger charge is 2.40. The first-order valence-electron chi connectivity index (χ1n) is 5.92. The van der Waals surface area contributed by atoms with E-state index in [0.717, 1.165) is 13.3 Å². The molecule has 1 aliphatic rings. The quantitative estimate of drug-likeness (QED) is 0.870. The van der Waals surface area contributed by atoms with Crippen LogP contribution in [0, 0.1) is 0 Å². The number of alkyl halides is 1. The number of carbonyl (C=O) groups is 1. The molecular formula is C13H15FO5. The smallest absolute Gasteiger partial charge is 0.341 e. The maximum atomic E-state index is 13.6. The van der Waals surface area contributed by atoms with Crippen LogP contribution in [0.2, 0.25) is 0 Å². The molecule has 2 atom stereocenters. The van der Waals surface area contributed by atoms with Crippen LogP contribution in [0.4, 0.5) is 4.39 Å². The predicted molar refractivity (Wildman–Crippen MR) is 64.2 cm³/mol. The zero-order valence-corrected chi connectivity index (χ0v) is 10.4. The Kier molecular flexibility index (Phi) is 3.61. The molecule has 1 aromatic rings. The van der Waals surface area contributed by atoms with E-state index in [9.17, 15) is 14.3 Å². The molecule has 1 aromatic carbocycles. The van der Waals surface area contributed by atoms with Gasteiger partial charge in [0.15, 0.2) is 11.5 Å². The molecule has 19 heavy (non-hydrogen) atoms. The van der Waals surface area contributed by atoms with Crippen molar-refractivity contribution in [2.75, 3.05) is 13.2 Å². The molecule has 0 aliphatic carbocycles. The van der Waals surface area contributed by atoms with Crippen molar-refractivity contribution in [1.82, 2.24) is 0 Å². The Hall–Kier alpha value is -1.82. The molecule has 6 heteroatoms. The second-order valence-electron chi connectivity index (χ2n) is 4.56. The van der Waals surface area contributed by atoms with E-state index in [2.05, 4.69) is 0 Å². The molecule has 1 aliphatic heterocycles. The van der Waals surface area contributed by atoms with Crippen LogP contribution in [0.1, 0.15) is 18.9 Å². The van der Waals surface area contributed by atoms with Crippen LogP contribution in [0.3, 0.4) is 0 Å². The Balaban J connectivity index is 2.35.